The molecule has 0 rings (SSSR count). The molecular weight excluding hydrogens is 204 g/mol. The molecule has 16 heavy (non-hydrogen) atoms. The van der Waals surface area contributed by atoms with E-state index in [1.165, 1.54) is 12.8 Å². The fourth-order valence-corrected chi connectivity index (χ4v) is 1.35. The van der Waals surface area contributed by atoms with E-state index >= 15 is 0 Å². The van der Waals surface area contributed by atoms with Crippen molar-refractivity contribution in [1.82, 2.24) is 0 Å². The van der Waals surface area contributed by atoms with Gasteiger partial charge < -0.3 is 0 Å². The van der Waals surface area contributed by atoms with E-state index in [1.54, 1.807) is 0 Å². The lowest BCUT2D eigenvalue weighted by atomic mass is 10.0. The van der Waals surface area contributed by atoms with Crippen LogP contribution in [0.4, 0.5) is 0 Å². The van der Waals surface area contributed by atoms with Crippen LogP contribution in [-0.2, 0) is 14.6 Å². The highest BCUT2D eigenvalue weighted by atomic mass is 17.2. The van der Waals surface area contributed by atoms with Crippen LogP contribution in [-0.4, -0.2) is 12.6 Å². The van der Waals surface area contributed by atoms with E-state index in [-0.39, 0.29) is 5.97 Å². The van der Waals surface area contributed by atoms with E-state index in [1.807, 2.05) is 0 Å². The molecule has 0 saturated heterocycles. The summed E-state index contributed by atoms with van der Waals surface area (Å²) in [4.78, 5) is 20.6. The van der Waals surface area contributed by atoms with Gasteiger partial charge in [-0.1, -0.05) is 46.5 Å². The minimum absolute atomic E-state index is 0.236. The highest BCUT2D eigenvalue weighted by Gasteiger charge is 2.03. The highest BCUT2D eigenvalue weighted by Crippen LogP contribution is 2.09. The molecular formula is C13H26O3. The van der Waals surface area contributed by atoms with Gasteiger partial charge in [-0.25, -0.2) is 4.79 Å². The summed E-state index contributed by atoms with van der Waals surface area (Å²) in [6.07, 6.45) is 6.90. The topological polar surface area (TPSA) is 35.5 Å². The molecule has 0 atom stereocenters. The lowest BCUT2D eigenvalue weighted by Gasteiger charge is -2.04. The van der Waals surface area contributed by atoms with E-state index in [0.717, 1.165) is 31.6 Å². The second-order valence-corrected chi connectivity index (χ2v) is 4.62. The van der Waals surface area contributed by atoms with Gasteiger partial charge in [-0.15, -0.1) is 0 Å². The zero-order valence-electron chi connectivity index (χ0n) is 11.0. The average molecular weight is 230 g/mol. The molecule has 0 heterocycles. The maximum atomic E-state index is 11.2. The van der Waals surface area contributed by atoms with Crippen molar-refractivity contribution < 1.29 is 14.6 Å². The fraction of sp³-hybridized carbons (Fsp3) is 0.923. The first-order valence-corrected chi connectivity index (χ1v) is 6.49. The third-order valence-corrected chi connectivity index (χ3v) is 2.40. The molecule has 0 aliphatic heterocycles. The average Bonchev–Trinajstić information content (AvgIpc) is 2.23. The van der Waals surface area contributed by atoms with E-state index in [2.05, 4.69) is 25.7 Å². The monoisotopic (exact) mass is 230 g/mol. The van der Waals surface area contributed by atoms with Crippen LogP contribution in [0.1, 0.15) is 65.7 Å². The van der Waals surface area contributed by atoms with Gasteiger partial charge in [-0.05, 0) is 18.8 Å². The quantitative estimate of drug-likeness (QED) is 0.325. The smallest absolute Gasteiger partial charge is 0.298 e. The van der Waals surface area contributed by atoms with Gasteiger partial charge in [0.2, 0.25) is 0 Å². The van der Waals surface area contributed by atoms with Gasteiger partial charge in [-0.2, -0.15) is 4.89 Å². The minimum Gasteiger partial charge on any atom is -0.298 e. The van der Waals surface area contributed by atoms with Gasteiger partial charge in [0.25, 0.3) is 0 Å². The molecule has 0 aliphatic carbocycles. The Kier molecular flexibility index (Phi) is 10.5. The highest BCUT2D eigenvalue weighted by molar-refractivity contribution is 5.68. The predicted molar refractivity (Wildman–Crippen MR) is 64.9 cm³/mol. The number of carbonyl (C=O) groups is 1. The molecule has 0 aromatic rings. The van der Waals surface area contributed by atoms with Crippen LogP contribution in [0.5, 0.6) is 0 Å². The molecule has 0 radical (unpaired) electrons. The summed E-state index contributed by atoms with van der Waals surface area (Å²) in [6.45, 7) is 7.02. The Morgan fingerprint density at radius 1 is 1.12 bits per heavy atom. The van der Waals surface area contributed by atoms with Gasteiger partial charge >= 0.3 is 5.97 Å². The molecule has 0 bridgehead atoms. The van der Waals surface area contributed by atoms with Crippen molar-refractivity contribution in [1.29, 1.82) is 0 Å². The Hall–Kier alpha value is -0.570. The van der Waals surface area contributed by atoms with Crippen molar-refractivity contribution in [2.24, 2.45) is 5.92 Å². The van der Waals surface area contributed by atoms with Crippen LogP contribution < -0.4 is 0 Å². The summed E-state index contributed by atoms with van der Waals surface area (Å²) in [5.41, 5.74) is 0. The normalized spacial score (nSPS) is 10.8. The third-order valence-electron chi connectivity index (χ3n) is 2.40. The first-order valence-electron chi connectivity index (χ1n) is 6.49. The molecule has 0 spiro atoms. The maximum absolute atomic E-state index is 11.2. The van der Waals surface area contributed by atoms with E-state index in [9.17, 15) is 4.79 Å². The van der Waals surface area contributed by atoms with Crippen molar-refractivity contribution in [3.05, 3.63) is 0 Å². The van der Waals surface area contributed by atoms with Crippen LogP contribution >= 0.6 is 0 Å². The Bertz CT molecular complexity index is 167. The molecule has 0 unspecified atom stereocenters. The van der Waals surface area contributed by atoms with Gasteiger partial charge in [0.05, 0.1) is 6.61 Å². The summed E-state index contributed by atoms with van der Waals surface area (Å²) in [7, 11) is 0. The Morgan fingerprint density at radius 3 is 2.50 bits per heavy atom. The number of carbonyl (C=O) groups excluding carboxylic acids is 1. The van der Waals surface area contributed by atoms with E-state index in [4.69, 9.17) is 4.89 Å². The summed E-state index contributed by atoms with van der Waals surface area (Å²) in [5, 5.41) is 0. The van der Waals surface area contributed by atoms with Crippen LogP contribution in [0, 0.1) is 5.92 Å². The van der Waals surface area contributed by atoms with Gasteiger partial charge in [0.1, 0.15) is 0 Å². The second-order valence-electron chi connectivity index (χ2n) is 4.62. The van der Waals surface area contributed by atoms with E-state index < -0.39 is 0 Å². The Morgan fingerprint density at radius 2 is 1.88 bits per heavy atom. The third kappa shape index (κ3) is 11.5. The molecule has 0 aliphatic rings. The molecule has 0 amide bonds. The lowest BCUT2D eigenvalue weighted by Crippen LogP contribution is -2.06. The zero-order chi connectivity index (χ0) is 12.2. The first-order chi connectivity index (χ1) is 7.66. The van der Waals surface area contributed by atoms with Crippen LogP contribution in [0.15, 0.2) is 0 Å². The molecule has 0 fully saturated rings. The molecule has 0 aromatic carbocycles. The summed E-state index contributed by atoms with van der Waals surface area (Å²) in [5.74, 6) is 0.518. The van der Waals surface area contributed by atoms with E-state index in [0.29, 0.717) is 13.0 Å². The Labute approximate surface area is 99.4 Å². The molecule has 3 nitrogen and oxygen atoms in total. The number of rotatable bonds is 10. The summed E-state index contributed by atoms with van der Waals surface area (Å²) < 4.78 is 0. The molecule has 96 valence electrons. The van der Waals surface area contributed by atoms with Crippen molar-refractivity contribution in [2.45, 2.75) is 65.7 Å². The first kappa shape index (κ1) is 15.4. The summed E-state index contributed by atoms with van der Waals surface area (Å²) in [6, 6.07) is 0. The standard InChI is InChI=1S/C13H26O3/c1-4-5-11-15-16-13(14)10-8-6-7-9-12(2)3/h12H,4-11H2,1-3H3. The largest absolute Gasteiger partial charge is 0.342 e. The van der Waals surface area contributed by atoms with Gasteiger partial charge in [0, 0.05) is 6.42 Å². The number of unbranched alkanes of at least 4 members (excludes halogenated alkanes) is 3. The number of hydrogen-bond donors (Lipinski definition) is 0. The SMILES string of the molecule is CCCCOOC(=O)CCCCCC(C)C. The van der Waals surface area contributed by atoms with Crippen molar-refractivity contribution >= 4 is 5.97 Å². The van der Waals surface area contributed by atoms with Crippen LogP contribution in [0.25, 0.3) is 0 Å². The fourth-order valence-electron chi connectivity index (χ4n) is 1.35. The Balaban J connectivity index is 3.17. The predicted octanol–water partition coefficient (Wildman–Crippen LogP) is 3.87. The zero-order valence-corrected chi connectivity index (χ0v) is 11.0. The van der Waals surface area contributed by atoms with Gasteiger partial charge in [-0.3, -0.25) is 4.89 Å². The van der Waals surface area contributed by atoms with Crippen molar-refractivity contribution in [2.75, 3.05) is 6.61 Å². The molecule has 0 aromatic heterocycles. The lowest BCUT2D eigenvalue weighted by molar-refractivity contribution is -0.272. The van der Waals surface area contributed by atoms with Crippen LogP contribution in [0.2, 0.25) is 0 Å². The van der Waals surface area contributed by atoms with Crippen molar-refractivity contribution in [3.63, 3.8) is 0 Å². The second kappa shape index (κ2) is 10.9. The maximum Gasteiger partial charge on any atom is 0.342 e. The summed E-state index contributed by atoms with van der Waals surface area (Å²) >= 11 is 0. The van der Waals surface area contributed by atoms with Crippen molar-refractivity contribution in [3.8, 4) is 0 Å². The molecule has 0 saturated carbocycles. The molecule has 3 heteroatoms. The van der Waals surface area contributed by atoms with Gasteiger partial charge in [0.15, 0.2) is 0 Å². The number of hydrogen-bond acceptors (Lipinski definition) is 3. The minimum atomic E-state index is -0.236. The van der Waals surface area contributed by atoms with Crippen LogP contribution in [0.3, 0.4) is 0 Å². The molecule has 0 N–H and O–H groups in total.